The molecule has 0 radical (unpaired) electrons. The summed E-state index contributed by atoms with van der Waals surface area (Å²) in [5, 5.41) is 6.35. The topological polar surface area (TPSA) is 44.4 Å². The Morgan fingerprint density at radius 3 is 2.80 bits per heavy atom. The molecule has 1 aliphatic heterocycles. The Morgan fingerprint density at radius 2 is 2.05 bits per heavy atom. The van der Waals surface area contributed by atoms with E-state index >= 15 is 0 Å². The van der Waals surface area contributed by atoms with E-state index in [4.69, 9.17) is 0 Å². The molecule has 0 unspecified atom stereocenters. The van der Waals surface area contributed by atoms with Crippen molar-refractivity contribution in [1.29, 1.82) is 0 Å². The molecule has 1 aromatic rings. The molecule has 0 aliphatic carbocycles. The van der Waals surface area contributed by atoms with Crippen molar-refractivity contribution in [3.8, 4) is 0 Å². The van der Waals surface area contributed by atoms with Gasteiger partial charge < -0.3 is 10.6 Å². The van der Waals surface area contributed by atoms with Crippen LogP contribution in [0.5, 0.6) is 0 Å². The summed E-state index contributed by atoms with van der Waals surface area (Å²) in [7, 11) is 0. The van der Waals surface area contributed by atoms with Gasteiger partial charge in [-0.05, 0) is 25.0 Å². The number of benzene rings is 1. The second-order valence-corrected chi connectivity index (χ2v) is 5.55. The lowest BCUT2D eigenvalue weighted by Gasteiger charge is -2.27. The molecular formula is C16H25N3O. The first-order valence-corrected chi connectivity index (χ1v) is 7.41. The quantitative estimate of drug-likeness (QED) is 0.838. The van der Waals surface area contributed by atoms with Crippen LogP contribution in [0, 0.1) is 13.8 Å². The van der Waals surface area contributed by atoms with E-state index in [0.717, 1.165) is 44.8 Å². The molecule has 110 valence electrons. The molecule has 0 atom stereocenters. The molecule has 1 saturated heterocycles. The summed E-state index contributed by atoms with van der Waals surface area (Å²) in [6, 6.07) is 6.27. The molecule has 0 aromatic heterocycles. The van der Waals surface area contributed by atoms with E-state index in [1.54, 1.807) is 0 Å². The molecule has 20 heavy (non-hydrogen) atoms. The van der Waals surface area contributed by atoms with Gasteiger partial charge in [0.05, 0.1) is 6.42 Å². The third kappa shape index (κ3) is 4.62. The van der Waals surface area contributed by atoms with E-state index in [1.165, 1.54) is 11.1 Å². The Bertz CT molecular complexity index is 453. The lowest BCUT2D eigenvalue weighted by atomic mass is 10.0. The Labute approximate surface area is 121 Å². The van der Waals surface area contributed by atoms with E-state index in [1.807, 2.05) is 0 Å². The number of amides is 1. The summed E-state index contributed by atoms with van der Waals surface area (Å²) >= 11 is 0. The van der Waals surface area contributed by atoms with Gasteiger partial charge in [0, 0.05) is 39.3 Å². The first-order chi connectivity index (χ1) is 9.65. The Kier molecular flexibility index (Phi) is 5.56. The minimum absolute atomic E-state index is 0.119. The van der Waals surface area contributed by atoms with Gasteiger partial charge in [0.15, 0.2) is 0 Å². The molecule has 4 nitrogen and oxygen atoms in total. The maximum atomic E-state index is 12.0. The highest BCUT2D eigenvalue weighted by molar-refractivity contribution is 5.78. The van der Waals surface area contributed by atoms with E-state index in [9.17, 15) is 4.79 Å². The van der Waals surface area contributed by atoms with Crippen LogP contribution in [0.2, 0.25) is 0 Å². The summed E-state index contributed by atoms with van der Waals surface area (Å²) in [6.07, 6.45) is 0.481. The van der Waals surface area contributed by atoms with Gasteiger partial charge in [-0.3, -0.25) is 9.69 Å². The van der Waals surface area contributed by atoms with Crippen molar-refractivity contribution in [2.45, 2.75) is 20.3 Å². The van der Waals surface area contributed by atoms with Crippen LogP contribution in [0.15, 0.2) is 18.2 Å². The lowest BCUT2D eigenvalue weighted by Crippen LogP contribution is -2.46. The van der Waals surface area contributed by atoms with Crippen molar-refractivity contribution in [3.63, 3.8) is 0 Å². The van der Waals surface area contributed by atoms with E-state index in [2.05, 4.69) is 47.6 Å². The van der Waals surface area contributed by atoms with Crippen LogP contribution in [0.1, 0.15) is 16.7 Å². The molecule has 0 saturated carbocycles. The number of piperazine rings is 1. The number of hydrogen-bond donors (Lipinski definition) is 2. The van der Waals surface area contributed by atoms with Gasteiger partial charge in [-0.2, -0.15) is 0 Å². The van der Waals surface area contributed by atoms with Gasteiger partial charge in [-0.15, -0.1) is 0 Å². The minimum atomic E-state index is 0.119. The molecule has 1 heterocycles. The van der Waals surface area contributed by atoms with Gasteiger partial charge >= 0.3 is 0 Å². The number of rotatable bonds is 5. The van der Waals surface area contributed by atoms with Crippen LogP contribution in [0.4, 0.5) is 0 Å². The maximum absolute atomic E-state index is 12.0. The third-order valence-electron chi connectivity index (χ3n) is 3.82. The van der Waals surface area contributed by atoms with Crippen molar-refractivity contribution in [2.24, 2.45) is 0 Å². The Morgan fingerprint density at radius 1 is 1.30 bits per heavy atom. The van der Waals surface area contributed by atoms with Crippen LogP contribution in [0.25, 0.3) is 0 Å². The average molecular weight is 275 g/mol. The minimum Gasteiger partial charge on any atom is -0.355 e. The number of aryl methyl sites for hydroxylation is 2. The van der Waals surface area contributed by atoms with Gasteiger partial charge in [0.1, 0.15) is 0 Å². The number of nitrogens with one attached hydrogen (secondary N) is 2. The molecule has 1 aliphatic rings. The normalized spacial score (nSPS) is 16.1. The predicted molar refractivity (Wildman–Crippen MR) is 81.9 cm³/mol. The zero-order valence-electron chi connectivity index (χ0n) is 12.5. The monoisotopic (exact) mass is 275 g/mol. The molecule has 4 heteroatoms. The second-order valence-electron chi connectivity index (χ2n) is 5.55. The van der Waals surface area contributed by atoms with Crippen molar-refractivity contribution in [3.05, 3.63) is 34.9 Å². The Balaban J connectivity index is 1.73. The van der Waals surface area contributed by atoms with E-state index < -0.39 is 0 Å². The van der Waals surface area contributed by atoms with Crippen molar-refractivity contribution >= 4 is 5.91 Å². The molecule has 1 aromatic carbocycles. The van der Waals surface area contributed by atoms with Crippen molar-refractivity contribution in [1.82, 2.24) is 15.5 Å². The summed E-state index contributed by atoms with van der Waals surface area (Å²) in [5.74, 6) is 0.119. The first-order valence-electron chi connectivity index (χ1n) is 7.41. The first kappa shape index (κ1) is 15.0. The highest BCUT2D eigenvalue weighted by Crippen LogP contribution is 2.11. The average Bonchev–Trinajstić information content (AvgIpc) is 2.44. The molecule has 1 amide bonds. The summed E-state index contributed by atoms with van der Waals surface area (Å²) in [5.41, 5.74) is 3.52. The molecule has 2 rings (SSSR count). The highest BCUT2D eigenvalue weighted by atomic mass is 16.1. The fraction of sp³-hybridized carbons (Fsp3) is 0.562. The molecular weight excluding hydrogens is 250 g/mol. The second kappa shape index (κ2) is 7.41. The van der Waals surface area contributed by atoms with E-state index in [-0.39, 0.29) is 5.91 Å². The van der Waals surface area contributed by atoms with Crippen LogP contribution < -0.4 is 10.6 Å². The van der Waals surface area contributed by atoms with Crippen LogP contribution in [0.3, 0.4) is 0 Å². The fourth-order valence-corrected chi connectivity index (χ4v) is 2.51. The molecule has 2 N–H and O–H groups in total. The molecule has 0 bridgehead atoms. The highest BCUT2D eigenvalue weighted by Gasteiger charge is 2.10. The predicted octanol–water partition coefficient (Wildman–Crippen LogP) is 0.867. The van der Waals surface area contributed by atoms with Gasteiger partial charge in [0.25, 0.3) is 0 Å². The van der Waals surface area contributed by atoms with Crippen LogP contribution in [-0.4, -0.2) is 50.1 Å². The Hall–Kier alpha value is -1.39. The SMILES string of the molecule is Cc1ccc(C)c(CC(=O)NCCN2CCNCC2)c1. The van der Waals surface area contributed by atoms with Crippen molar-refractivity contribution in [2.75, 3.05) is 39.3 Å². The third-order valence-corrected chi connectivity index (χ3v) is 3.82. The maximum Gasteiger partial charge on any atom is 0.224 e. The van der Waals surface area contributed by atoms with Gasteiger partial charge in [-0.25, -0.2) is 0 Å². The number of hydrogen-bond acceptors (Lipinski definition) is 3. The van der Waals surface area contributed by atoms with Crippen LogP contribution >= 0.6 is 0 Å². The number of nitrogens with zero attached hydrogens (tertiary/aromatic N) is 1. The largest absolute Gasteiger partial charge is 0.355 e. The summed E-state index contributed by atoms with van der Waals surface area (Å²) < 4.78 is 0. The smallest absolute Gasteiger partial charge is 0.224 e. The summed E-state index contributed by atoms with van der Waals surface area (Å²) in [6.45, 7) is 10.1. The summed E-state index contributed by atoms with van der Waals surface area (Å²) in [4.78, 5) is 14.4. The van der Waals surface area contributed by atoms with Gasteiger partial charge in [0.2, 0.25) is 5.91 Å². The lowest BCUT2D eigenvalue weighted by molar-refractivity contribution is -0.120. The number of carbonyl (C=O) groups excluding carboxylic acids is 1. The van der Waals surface area contributed by atoms with E-state index in [0.29, 0.717) is 6.42 Å². The van der Waals surface area contributed by atoms with Crippen molar-refractivity contribution < 1.29 is 4.79 Å². The zero-order chi connectivity index (χ0) is 14.4. The zero-order valence-corrected chi connectivity index (χ0v) is 12.5. The van der Waals surface area contributed by atoms with Crippen LogP contribution in [-0.2, 0) is 11.2 Å². The molecule has 1 fully saturated rings. The molecule has 0 spiro atoms. The fourth-order valence-electron chi connectivity index (χ4n) is 2.51. The number of carbonyl (C=O) groups is 1. The standard InChI is InChI=1S/C16H25N3O/c1-13-3-4-14(2)15(11-13)12-16(20)18-7-10-19-8-5-17-6-9-19/h3-4,11,17H,5-10,12H2,1-2H3,(H,18,20). The van der Waals surface area contributed by atoms with Gasteiger partial charge in [-0.1, -0.05) is 23.8 Å².